The third-order valence-corrected chi connectivity index (χ3v) is 6.24. The highest BCUT2D eigenvalue weighted by molar-refractivity contribution is 7.89. The fraction of sp³-hybridized carbons (Fsp3) is 0.0909. The molecule has 7 nitrogen and oxygen atoms in total. The van der Waals surface area contributed by atoms with Gasteiger partial charge in [-0.2, -0.15) is 13.5 Å². The predicted octanol–water partition coefficient (Wildman–Crippen LogP) is 4.84. The van der Waals surface area contributed by atoms with Crippen molar-refractivity contribution >= 4 is 45.4 Å². The Bertz CT molecular complexity index is 1280. The van der Waals surface area contributed by atoms with E-state index >= 15 is 0 Å². The molecule has 0 aliphatic rings. The van der Waals surface area contributed by atoms with E-state index in [0.717, 1.165) is 5.56 Å². The Morgan fingerprint density at radius 3 is 2.34 bits per heavy atom. The number of benzene rings is 3. The Balaban J connectivity index is 1.72. The standard InChI is InChI=1S/C22H18Cl2N2O5S/c1-14-3-7-17(8-4-14)32(28,29)26-25-13-15-5-10-20(21(11-15)30-2)31-22(27)16-6-9-18(23)19(24)12-16/h3-13,26H,1-2H3/b25-13+. The first kappa shape index (κ1) is 23.6. The van der Waals surface area contributed by atoms with Gasteiger partial charge in [-0.05, 0) is 61.0 Å². The summed E-state index contributed by atoms with van der Waals surface area (Å²) < 4.78 is 35.2. The number of esters is 1. The van der Waals surface area contributed by atoms with E-state index in [-0.39, 0.29) is 27.0 Å². The van der Waals surface area contributed by atoms with Gasteiger partial charge in [0.2, 0.25) is 0 Å². The zero-order valence-corrected chi connectivity index (χ0v) is 19.3. The Morgan fingerprint density at radius 1 is 0.969 bits per heavy atom. The second-order valence-corrected chi connectivity index (χ2v) is 9.07. The predicted molar refractivity (Wildman–Crippen MR) is 124 cm³/mol. The molecule has 0 unspecified atom stereocenters. The number of aryl methyl sites for hydroxylation is 1. The van der Waals surface area contributed by atoms with Crippen LogP contribution < -0.4 is 14.3 Å². The van der Waals surface area contributed by atoms with Gasteiger partial charge in [-0.15, -0.1) is 0 Å². The van der Waals surface area contributed by atoms with Crippen molar-refractivity contribution in [1.29, 1.82) is 0 Å². The van der Waals surface area contributed by atoms with Crippen LogP contribution >= 0.6 is 23.2 Å². The van der Waals surface area contributed by atoms with Crippen molar-refractivity contribution in [1.82, 2.24) is 4.83 Å². The number of rotatable bonds is 7. The lowest BCUT2D eigenvalue weighted by Crippen LogP contribution is -2.18. The van der Waals surface area contributed by atoms with Crippen LogP contribution in [0.1, 0.15) is 21.5 Å². The quantitative estimate of drug-likeness (QED) is 0.220. The number of carbonyl (C=O) groups is 1. The number of hydrogen-bond acceptors (Lipinski definition) is 6. The topological polar surface area (TPSA) is 94.1 Å². The van der Waals surface area contributed by atoms with E-state index in [4.69, 9.17) is 32.7 Å². The number of hydrogen-bond donors (Lipinski definition) is 1. The molecule has 0 atom stereocenters. The van der Waals surface area contributed by atoms with Crippen molar-refractivity contribution in [3.8, 4) is 11.5 Å². The molecule has 3 rings (SSSR count). The molecule has 0 spiro atoms. The van der Waals surface area contributed by atoms with Gasteiger partial charge in [0.25, 0.3) is 10.0 Å². The van der Waals surface area contributed by atoms with Crippen LogP contribution in [0.3, 0.4) is 0 Å². The van der Waals surface area contributed by atoms with E-state index in [2.05, 4.69) is 9.93 Å². The summed E-state index contributed by atoms with van der Waals surface area (Å²) in [6.07, 6.45) is 1.30. The number of nitrogens with zero attached hydrogens (tertiary/aromatic N) is 1. The average Bonchev–Trinajstić information content (AvgIpc) is 2.76. The van der Waals surface area contributed by atoms with Gasteiger partial charge >= 0.3 is 5.97 Å². The molecule has 166 valence electrons. The summed E-state index contributed by atoms with van der Waals surface area (Å²) in [6.45, 7) is 1.86. The highest BCUT2D eigenvalue weighted by atomic mass is 35.5. The summed E-state index contributed by atoms with van der Waals surface area (Å²) in [7, 11) is -2.38. The van der Waals surface area contributed by atoms with Crippen LogP contribution in [0, 0.1) is 6.92 Å². The largest absolute Gasteiger partial charge is 0.493 e. The molecule has 0 aliphatic heterocycles. The van der Waals surface area contributed by atoms with Crippen molar-refractivity contribution in [3.63, 3.8) is 0 Å². The molecule has 32 heavy (non-hydrogen) atoms. The molecule has 0 bridgehead atoms. The third-order valence-electron chi connectivity index (χ3n) is 4.26. The van der Waals surface area contributed by atoms with Gasteiger partial charge in [0, 0.05) is 0 Å². The number of sulfonamides is 1. The zero-order valence-electron chi connectivity index (χ0n) is 17.0. The Morgan fingerprint density at radius 2 is 1.69 bits per heavy atom. The highest BCUT2D eigenvalue weighted by Crippen LogP contribution is 2.29. The molecule has 0 aliphatic carbocycles. The molecule has 0 fully saturated rings. The van der Waals surface area contributed by atoms with Gasteiger partial charge in [0.1, 0.15) is 0 Å². The second kappa shape index (κ2) is 10.0. The minimum Gasteiger partial charge on any atom is -0.493 e. The number of halogens is 2. The number of hydrazone groups is 1. The molecule has 3 aromatic rings. The van der Waals surface area contributed by atoms with Crippen molar-refractivity contribution < 1.29 is 22.7 Å². The first-order valence-electron chi connectivity index (χ1n) is 9.16. The lowest BCUT2D eigenvalue weighted by Gasteiger charge is -2.10. The fourth-order valence-corrected chi connectivity index (χ4v) is 3.66. The molecule has 0 heterocycles. The number of methoxy groups -OCH3 is 1. The Hall–Kier alpha value is -3.07. The van der Waals surface area contributed by atoms with Crippen molar-refractivity contribution in [3.05, 3.63) is 87.4 Å². The molecule has 0 amide bonds. The number of ether oxygens (including phenoxy) is 2. The molecular weight excluding hydrogens is 475 g/mol. The van der Waals surface area contributed by atoms with Gasteiger partial charge in [0.15, 0.2) is 11.5 Å². The van der Waals surface area contributed by atoms with Crippen molar-refractivity contribution in [2.24, 2.45) is 5.10 Å². The van der Waals surface area contributed by atoms with Gasteiger partial charge < -0.3 is 9.47 Å². The zero-order chi connectivity index (χ0) is 23.3. The maximum Gasteiger partial charge on any atom is 0.343 e. The molecule has 0 saturated heterocycles. The summed E-state index contributed by atoms with van der Waals surface area (Å²) >= 11 is 11.8. The van der Waals surface area contributed by atoms with Crippen molar-refractivity contribution in [2.75, 3.05) is 7.11 Å². The third kappa shape index (κ3) is 5.79. The van der Waals surface area contributed by atoms with Gasteiger partial charge in [-0.3, -0.25) is 0 Å². The van der Waals surface area contributed by atoms with Gasteiger partial charge in [-0.25, -0.2) is 9.63 Å². The molecule has 10 heteroatoms. The van der Waals surface area contributed by atoms with Crippen LogP contribution in [0.25, 0.3) is 0 Å². The number of nitrogens with one attached hydrogen (secondary N) is 1. The summed E-state index contributed by atoms with van der Waals surface area (Å²) in [4.78, 5) is 14.6. The van der Waals surface area contributed by atoms with E-state index in [1.807, 2.05) is 6.92 Å². The fourth-order valence-electron chi connectivity index (χ4n) is 2.57. The maximum absolute atomic E-state index is 12.4. The number of carbonyl (C=O) groups excluding carboxylic acids is 1. The van der Waals surface area contributed by atoms with Crippen LogP contribution in [0.15, 0.2) is 70.7 Å². The van der Waals surface area contributed by atoms with Gasteiger partial charge in [-0.1, -0.05) is 40.9 Å². The lowest BCUT2D eigenvalue weighted by atomic mass is 10.2. The van der Waals surface area contributed by atoms with E-state index in [1.54, 1.807) is 24.3 Å². The van der Waals surface area contributed by atoms with Crippen LogP contribution in [-0.2, 0) is 10.0 Å². The molecular formula is C22H18Cl2N2O5S. The SMILES string of the molecule is COc1cc(/C=N/NS(=O)(=O)c2ccc(C)cc2)ccc1OC(=O)c1ccc(Cl)c(Cl)c1. The highest BCUT2D eigenvalue weighted by Gasteiger charge is 2.15. The molecule has 0 saturated carbocycles. The van der Waals surface area contributed by atoms with Crippen LogP contribution in [0.4, 0.5) is 0 Å². The Labute approximate surface area is 195 Å². The van der Waals surface area contributed by atoms with E-state index in [9.17, 15) is 13.2 Å². The molecule has 0 radical (unpaired) electrons. The summed E-state index contributed by atoms with van der Waals surface area (Å²) in [5.41, 5.74) is 1.68. The minimum absolute atomic E-state index is 0.0994. The van der Waals surface area contributed by atoms with Crippen LogP contribution in [0.2, 0.25) is 10.0 Å². The smallest absolute Gasteiger partial charge is 0.343 e. The minimum atomic E-state index is -3.79. The molecule has 3 aromatic carbocycles. The second-order valence-electron chi connectivity index (χ2n) is 6.59. The summed E-state index contributed by atoms with van der Waals surface area (Å²) in [5.74, 6) is -0.223. The van der Waals surface area contributed by atoms with E-state index in [0.29, 0.717) is 10.6 Å². The maximum atomic E-state index is 12.4. The summed E-state index contributed by atoms with van der Waals surface area (Å²) in [6, 6.07) is 15.4. The summed E-state index contributed by atoms with van der Waals surface area (Å²) in [5, 5.41) is 4.34. The Kier molecular flexibility index (Phi) is 7.40. The van der Waals surface area contributed by atoms with E-state index < -0.39 is 16.0 Å². The van der Waals surface area contributed by atoms with E-state index in [1.165, 1.54) is 49.7 Å². The first-order valence-corrected chi connectivity index (χ1v) is 11.4. The van der Waals surface area contributed by atoms with Crippen molar-refractivity contribution in [2.45, 2.75) is 11.8 Å². The monoisotopic (exact) mass is 492 g/mol. The van der Waals surface area contributed by atoms with Gasteiger partial charge in [0.05, 0.1) is 33.8 Å². The van der Waals surface area contributed by atoms with Crippen LogP contribution in [0.5, 0.6) is 11.5 Å². The lowest BCUT2D eigenvalue weighted by molar-refractivity contribution is 0.0729. The normalized spacial score (nSPS) is 11.4. The first-order chi connectivity index (χ1) is 15.2. The molecule has 1 N–H and O–H groups in total. The molecule has 0 aromatic heterocycles. The van der Waals surface area contributed by atoms with Crippen LogP contribution in [-0.4, -0.2) is 27.7 Å². The average molecular weight is 493 g/mol.